The van der Waals surface area contributed by atoms with Crippen LogP contribution in [-0.4, -0.2) is 13.1 Å². The fraction of sp³-hybridized carbons (Fsp3) is 0.571. The molecule has 0 saturated heterocycles. The van der Waals surface area contributed by atoms with Crippen LogP contribution in [0.4, 0.5) is 4.39 Å². The Hall–Kier alpha value is -0.600. The standard InChI is InChI=1S/C14H21ClFN/c1-4-17-8-7-14(2,3)10-11-9-12(15)5-6-13(11)16/h5-6,9,17H,4,7-8,10H2,1-3H3. The second kappa shape index (κ2) is 6.36. The molecule has 1 nitrogen and oxygen atoms in total. The van der Waals surface area contributed by atoms with E-state index in [1.165, 1.54) is 6.07 Å². The molecule has 1 aromatic carbocycles. The molecule has 0 amide bonds. The van der Waals surface area contributed by atoms with Crippen LogP contribution in [-0.2, 0) is 6.42 Å². The molecule has 17 heavy (non-hydrogen) atoms. The summed E-state index contributed by atoms with van der Waals surface area (Å²) in [6.07, 6.45) is 1.73. The lowest BCUT2D eigenvalue weighted by molar-refractivity contribution is 0.322. The summed E-state index contributed by atoms with van der Waals surface area (Å²) in [7, 11) is 0. The summed E-state index contributed by atoms with van der Waals surface area (Å²) >= 11 is 5.89. The predicted molar refractivity (Wildman–Crippen MR) is 72.1 cm³/mol. The summed E-state index contributed by atoms with van der Waals surface area (Å²) in [5.41, 5.74) is 0.784. The van der Waals surface area contributed by atoms with Crippen LogP contribution in [0, 0.1) is 11.2 Å². The molecular weight excluding hydrogens is 237 g/mol. The minimum Gasteiger partial charge on any atom is -0.317 e. The zero-order valence-corrected chi connectivity index (χ0v) is 11.6. The fourth-order valence-electron chi connectivity index (χ4n) is 1.89. The monoisotopic (exact) mass is 257 g/mol. The summed E-state index contributed by atoms with van der Waals surface area (Å²) < 4.78 is 13.6. The molecule has 1 rings (SSSR count). The van der Waals surface area contributed by atoms with Gasteiger partial charge >= 0.3 is 0 Å². The van der Waals surface area contributed by atoms with Crippen LogP contribution in [0.1, 0.15) is 32.8 Å². The number of halogens is 2. The molecule has 0 spiro atoms. The first-order valence-corrected chi connectivity index (χ1v) is 6.47. The Labute approximate surface area is 108 Å². The lowest BCUT2D eigenvalue weighted by atomic mass is 9.82. The van der Waals surface area contributed by atoms with Crippen LogP contribution < -0.4 is 5.32 Å². The van der Waals surface area contributed by atoms with E-state index in [1.54, 1.807) is 12.1 Å². The summed E-state index contributed by atoms with van der Waals surface area (Å²) in [5.74, 6) is -0.161. The molecule has 0 aliphatic rings. The Morgan fingerprint density at radius 3 is 2.71 bits per heavy atom. The van der Waals surface area contributed by atoms with Crippen molar-refractivity contribution in [3.8, 4) is 0 Å². The van der Waals surface area contributed by atoms with E-state index in [4.69, 9.17) is 11.6 Å². The van der Waals surface area contributed by atoms with Crippen molar-refractivity contribution in [3.05, 3.63) is 34.6 Å². The molecule has 0 unspecified atom stereocenters. The number of rotatable bonds is 6. The molecule has 0 saturated carbocycles. The van der Waals surface area contributed by atoms with Crippen molar-refractivity contribution in [1.82, 2.24) is 5.32 Å². The minimum atomic E-state index is -0.161. The molecule has 1 aromatic rings. The maximum atomic E-state index is 13.6. The third-order valence-electron chi connectivity index (χ3n) is 2.91. The van der Waals surface area contributed by atoms with Crippen molar-refractivity contribution in [1.29, 1.82) is 0 Å². The molecule has 0 aromatic heterocycles. The molecule has 0 atom stereocenters. The lowest BCUT2D eigenvalue weighted by Gasteiger charge is -2.25. The number of nitrogens with one attached hydrogen (secondary N) is 1. The largest absolute Gasteiger partial charge is 0.317 e. The molecular formula is C14H21ClFN. The Morgan fingerprint density at radius 1 is 1.35 bits per heavy atom. The van der Waals surface area contributed by atoms with E-state index in [-0.39, 0.29) is 11.2 Å². The number of hydrogen-bond acceptors (Lipinski definition) is 1. The van der Waals surface area contributed by atoms with E-state index in [1.807, 2.05) is 0 Å². The van der Waals surface area contributed by atoms with Gasteiger partial charge in [-0.15, -0.1) is 0 Å². The number of benzene rings is 1. The van der Waals surface area contributed by atoms with Gasteiger partial charge in [0.25, 0.3) is 0 Å². The SMILES string of the molecule is CCNCCC(C)(C)Cc1cc(Cl)ccc1F. The van der Waals surface area contributed by atoms with E-state index in [9.17, 15) is 4.39 Å². The fourth-order valence-corrected chi connectivity index (χ4v) is 2.08. The molecule has 3 heteroatoms. The molecule has 1 N–H and O–H groups in total. The first kappa shape index (κ1) is 14.5. The van der Waals surface area contributed by atoms with Gasteiger partial charge in [0.2, 0.25) is 0 Å². The normalized spacial score (nSPS) is 11.8. The Morgan fingerprint density at radius 2 is 2.06 bits per heavy atom. The van der Waals surface area contributed by atoms with Crippen LogP contribution in [0.2, 0.25) is 5.02 Å². The van der Waals surface area contributed by atoms with Crippen LogP contribution in [0.25, 0.3) is 0 Å². The molecule has 0 heterocycles. The lowest BCUT2D eigenvalue weighted by Crippen LogP contribution is -2.24. The maximum Gasteiger partial charge on any atom is 0.126 e. The van der Waals surface area contributed by atoms with Gasteiger partial charge in [0.05, 0.1) is 0 Å². The van der Waals surface area contributed by atoms with Gasteiger partial charge in [-0.3, -0.25) is 0 Å². The van der Waals surface area contributed by atoms with Gasteiger partial charge in [-0.1, -0.05) is 32.4 Å². The highest BCUT2D eigenvalue weighted by molar-refractivity contribution is 6.30. The molecule has 0 aliphatic carbocycles. The van der Waals surface area contributed by atoms with Crippen LogP contribution in [0.5, 0.6) is 0 Å². The van der Waals surface area contributed by atoms with Crippen molar-refractivity contribution >= 4 is 11.6 Å². The highest BCUT2D eigenvalue weighted by atomic mass is 35.5. The second-order valence-corrected chi connectivity index (χ2v) is 5.62. The van der Waals surface area contributed by atoms with E-state index >= 15 is 0 Å². The summed E-state index contributed by atoms with van der Waals surface area (Å²) in [6.45, 7) is 8.34. The van der Waals surface area contributed by atoms with E-state index in [0.717, 1.165) is 19.5 Å². The zero-order valence-electron chi connectivity index (χ0n) is 10.8. The van der Waals surface area contributed by atoms with Crippen molar-refractivity contribution < 1.29 is 4.39 Å². The summed E-state index contributed by atoms with van der Waals surface area (Å²) in [4.78, 5) is 0. The van der Waals surface area contributed by atoms with Gasteiger partial charge in [0.1, 0.15) is 5.82 Å². The topological polar surface area (TPSA) is 12.0 Å². The van der Waals surface area contributed by atoms with Gasteiger partial charge in [0.15, 0.2) is 0 Å². The molecule has 0 fully saturated rings. The van der Waals surface area contributed by atoms with Crippen molar-refractivity contribution in [2.45, 2.75) is 33.6 Å². The van der Waals surface area contributed by atoms with Crippen LogP contribution >= 0.6 is 11.6 Å². The molecule has 0 aliphatic heterocycles. The van der Waals surface area contributed by atoms with Crippen molar-refractivity contribution in [2.24, 2.45) is 5.41 Å². The van der Waals surface area contributed by atoms with Crippen LogP contribution in [0.3, 0.4) is 0 Å². The highest BCUT2D eigenvalue weighted by Gasteiger charge is 2.20. The van der Waals surface area contributed by atoms with Gasteiger partial charge in [-0.25, -0.2) is 4.39 Å². The Bertz CT molecular complexity index is 363. The van der Waals surface area contributed by atoms with Gasteiger partial charge in [-0.05, 0) is 55.1 Å². The maximum absolute atomic E-state index is 13.6. The third kappa shape index (κ3) is 5.05. The average molecular weight is 258 g/mol. The van der Waals surface area contributed by atoms with E-state index in [2.05, 4.69) is 26.1 Å². The second-order valence-electron chi connectivity index (χ2n) is 5.18. The Balaban J connectivity index is 2.65. The summed E-state index contributed by atoms with van der Waals surface area (Å²) in [6, 6.07) is 4.76. The molecule has 96 valence electrons. The quantitative estimate of drug-likeness (QED) is 0.759. The molecule has 0 radical (unpaired) electrons. The van der Waals surface area contributed by atoms with Gasteiger partial charge < -0.3 is 5.32 Å². The summed E-state index contributed by atoms with van der Waals surface area (Å²) in [5, 5.41) is 3.90. The van der Waals surface area contributed by atoms with Crippen molar-refractivity contribution in [3.63, 3.8) is 0 Å². The third-order valence-corrected chi connectivity index (χ3v) is 3.14. The van der Waals surface area contributed by atoms with E-state index < -0.39 is 0 Å². The van der Waals surface area contributed by atoms with Crippen LogP contribution in [0.15, 0.2) is 18.2 Å². The van der Waals surface area contributed by atoms with Crippen molar-refractivity contribution in [2.75, 3.05) is 13.1 Å². The average Bonchev–Trinajstić information content (AvgIpc) is 2.23. The minimum absolute atomic E-state index is 0.0771. The molecule has 0 bridgehead atoms. The smallest absolute Gasteiger partial charge is 0.126 e. The van der Waals surface area contributed by atoms with Gasteiger partial charge in [-0.2, -0.15) is 0 Å². The predicted octanol–water partition coefficient (Wildman–Crippen LogP) is 4.05. The first-order valence-electron chi connectivity index (χ1n) is 6.09. The first-order chi connectivity index (χ1) is 7.94. The van der Waals surface area contributed by atoms with E-state index in [0.29, 0.717) is 17.0 Å². The number of hydrogen-bond donors (Lipinski definition) is 1. The highest BCUT2D eigenvalue weighted by Crippen LogP contribution is 2.28. The zero-order chi connectivity index (χ0) is 12.9. The Kier molecular flexibility index (Phi) is 5.41. The van der Waals surface area contributed by atoms with Gasteiger partial charge in [0, 0.05) is 5.02 Å².